The number of hydrogen-bond acceptors (Lipinski definition) is 5. The van der Waals surface area contributed by atoms with Crippen LogP contribution in [0.5, 0.6) is 5.75 Å². The molecule has 0 aromatic heterocycles. The molecule has 0 bridgehead atoms. The molecule has 32 heavy (non-hydrogen) atoms. The first-order valence-corrected chi connectivity index (χ1v) is 13.4. The molecular formula is C26H43O5P. The van der Waals surface area contributed by atoms with Crippen LogP contribution in [0.25, 0.3) is 6.08 Å². The summed E-state index contributed by atoms with van der Waals surface area (Å²) in [5.41, 5.74) is 1.96. The normalized spacial score (nSPS) is 13.1. The van der Waals surface area contributed by atoms with Gasteiger partial charge in [-0.25, -0.2) is 0 Å². The molecule has 0 fully saturated rings. The SMILES string of the molecule is CCCCOP(=O)(CC(=O)/C=C/c1cc(C(C)(C)C)c(O)c(C(C)(C)C)c1)OCCCC. The molecule has 5 nitrogen and oxygen atoms in total. The fourth-order valence-electron chi connectivity index (χ4n) is 3.15. The van der Waals surface area contributed by atoms with Crippen LogP contribution in [0.1, 0.15) is 97.8 Å². The first-order valence-electron chi connectivity index (χ1n) is 11.7. The molecule has 1 N–H and O–H groups in total. The lowest BCUT2D eigenvalue weighted by molar-refractivity contribution is -0.112. The van der Waals surface area contributed by atoms with Crippen molar-refractivity contribution >= 4 is 19.5 Å². The summed E-state index contributed by atoms with van der Waals surface area (Å²) >= 11 is 0. The summed E-state index contributed by atoms with van der Waals surface area (Å²) in [6.45, 7) is 17.0. The Hall–Kier alpha value is -1.42. The average molecular weight is 467 g/mol. The molecule has 0 amide bonds. The number of phenolic OH excluding ortho intramolecular Hbond substituents is 1. The summed E-state index contributed by atoms with van der Waals surface area (Å²) < 4.78 is 24.1. The van der Waals surface area contributed by atoms with Crippen molar-refractivity contribution in [1.29, 1.82) is 0 Å². The fourth-order valence-corrected chi connectivity index (χ4v) is 4.71. The van der Waals surface area contributed by atoms with Crippen LogP contribution in [0.2, 0.25) is 0 Å². The molecule has 0 spiro atoms. The van der Waals surface area contributed by atoms with Gasteiger partial charge < -0.3 is 14.2 Å². The minimum absolute atomic E-state index is 0.256. The van der Waals surface area contributed by atoms with Gasteiger partial charge in [0.1, 0.15) is 11.9 Å². The molecule has 0 aliphatic carbocycles. The van der Waals surface area contributed by atoms with Crippen molar-refractivity contribution in [2.24, 2.45) is 0 Å². The fraction of sp³-hybridized carbons (Fsp3) is 0.654. The Morgan fingerprint density at radius 1 is 0.938 bits per heavy atom. The quantitative estimate of drug-likeness (QED) is 0.197. The summed E-state index contributed by atoms with van der Waals surface area (Å²) in [7, 11) is -3.48. The maximum absolute atomic E-state index is 13.1. The van der Waals surface area contributed by atoms with Gasteiger partial charge in [0.05, 0.1) is 13.2 Å². The van der Waals surface area contributed by atoms with E-state index >= 15 is 0 Å². The molecule has 0 heterocycles. The van der Waals surface area contributed by atoms with Gasteiger partial charge in [-0.1, -0.05) is 74.3 Å². The van der Waals surface area contributed by atoms with Crippen LogP contribution in [0.15, 0.2) is 18.2 Å². The number of carbonyl (C=O) groups excluding carboxylic acids is 1. The third-order valence-electron chi connectivity index (χ3n) is 5.13. The summed E-state index contributed by atoms with van der Waals surface area (Å²) in [5, 5.41) is 10.9. The first kappa shape index (κ1) is 28.6. The Balaban J connectivity index is 3.13. The highest BCUT2D eigenvalue weighted by Gasteiger charge is 2.28. The van der Waals surface area contributed by atoms with Gasteiger partial charge in [0, 0.05) is 11.1 Å². The highest BCUT2D eigenvalue weighted by Crippen LogP contribution is 2.48. The predicted octanol–water partition coefficient (Wildman–Crippen LogP) is 7.40. The molecular weight excluding hydrogens is 423 g/mol. The first-order chi connectivity index (χ1) is 14.7. The van der Waals surface area contributed by atoms with Crippen molar-refractivity contribution in [3.05, 3.63) is 34.9 Å². The Labute approximate surface area is 195 Å². The number of phenols is 1. The molecule has 182 valence electrons. The molecule has 0 radical (unpaired) electrons. The maximum Gasteiger partial charge on any atom is 0.338 e. The van der Waals surface area contributed by atoms with Gasteiger partial charge in [-0.3, -0.25) is 9.36 Å². The van der Waals surface area contributed by atoms with E-state index in [1.54, 1.807) is 6.08 Å². The molecule has 0 atom stereocenters. The Bertz CT molecular complexity index is 779. The molecule has 0 unspecified atom stereocenters. The zero-order valence-corrected chi connectivity index (χ0v) is 22.2. The zero-order chi connectivity index (χ0) is 24.6. The number of ketones is 1. The van der Waals surface area contributed by atoms with E-state index in [1.807, 2.05) is 67.5 Å². The lowest BCUT2D eigenvalue weighted by Gasteiger charge is -2.27. The summed E-state index contributed by atoms with van der Waals surface area (Å²) in [4.78, 5) is 12.7. The second-order valence-corrected chi connectivity index (χ2v) is 12.5. The van der Waals surface area contributed by atoms with E-state index in [1.165, 1.54) is 6.08 Å². The predicted molar refractivity (Wildman–Crippen MR) is 134 cm³/mol. The minimum atomic E-state index is -3.48. The summed E-state index contributed by atoms with van der Waals surface area (Å²) in [6, 6.07) is 3.81. The van der Waals surface area contributed by atoms with Gasteiger partial charge in [0.15, 0.2) is 5.78 Å². The van der Waals surface area contributed by atoms with E-state index in [0.29, 0.717) is 19.0 Å². The molecule has 0 saturated carbocycles. The van der Waals surface area contributed by atoms with Crippen LogP contribution in [0.3, 0.4) is 0 Å². The average Bonchev–Trinajstić information content (AvgIpc) is 2.65. The highest BCUT2D eigenvalue weighted by molar-refractivity contribution is 7.54. The number of rotatable bonds is 12. The van der Waals surface area contributed by atoms with E-state index in [9.17, 15) is 14.5 Å². The molecule has 1 aromatic rings. The van der Waals surface area contributed by atoms with Crippen LogP contribution in [0, 0.1) is 0 Å². The number of carbonyl (C=O) groups is 1. The van der Waals surface area contributed by atoms with Gasteiger partial charge in [0.2, 0.25) is 0 Å². The molecule has 0 saturated heterocycles. The Morgan fingerprint density at radius 3 is 1.75 bits per heavy atom. The second-order valence-electron chi connectivity index (χ2n) is 10.4. The van der Waals surface area contributed by atoms with E-state index in [0.717, 1.165) is 42.4 Å². The van der Waals surface area contributed by atoms with Crippen molar-refractivity contribution < 1.29 is 23.5 Å². The Kier molecular flexibility index (Phi) is 10.9. The topological polar surface area (TPSA) is 72.8 Å². The van der Waals surface area contributed by atoms with Gasteiger partial charge in [-0.05, 0) is 47.4 Å². The van der Waals surface area contributed by atoms with Gasteiger partial charge in [-0.2, -0.15) is 0 Å². The summed E-state index contributed by atoms with van der Waals surface area (Å²) in [6.07, 6.45) is 6.24. The number of hydrogen-bond donors (Lipinski definition) is 1. The highest BCUT2D eigenvalue weighted by atomic mass is 31.2. The molecule has 6 heteroatoms. The van der Waals surface area contributed by atoms with Gasteiger partial charge in [-0.15, -0.1) is 0 Å². The van der Waals surface area contributed by atoms with Crippen LogP contribution in [0.4, 0.5) is 0 Å². The van der Waals surface area contributed by atoms with E-state index in [-0.39, 0.29) is 22.8 Å². The molecule has 0 aliphatic rings. The third-order valence-corrected chi connectivity index (χ3v) is 6.98. The summed E-state index contributed by atoms with van der Waals surface area (Å²) in [5.74, 6) is -0.00403. The maximum atomic E-state index is 13.1. The largest absolute Gasteiger partial charge is 0.507 e. The number of aromatic hydroxyl groups is 1. The van der Waals surface area contributed by atoms with Crippen molar-refractivity contribution in [2.45, 2.75) is 91.9 Å². The van der Waals surface area contributed by atoms with E-state index in [2.05, 4.69) is 0 Å². The van der Waals surface area contributed by atoms with Crippen LogP contribution in [-0.2, 0) is 29.2 Å². The van der Waals surface area contributed by atoms with Crippen LogP contribution in [-0.4, -0.2) is 30.3 Å². The molecule has 0 aliphatic heterocycles. The number of allylic oxidation sites excluding steroid dienone is 1. The minimum Gasteiger partial charge on any atom is -0.507 e. The van der Waals surface area contributed by atoms with Crippen molar-refractivity contribution in [1.82, 2.24) is 0 Å². The number of unbranched alkanes of at least 4 members (excludes halogenated alkanes) is 2. The molecule has 1 rings (SSSR count). The van der Waals surface area contributed by atoms with Gasteiger partial charge in [0.25, 0.3) is 0 Å². The lowest BCUT2D eigenvalue weighted by Crippen LogP contribution is -2.17. The number of benzene rings is 1. The zero-order valence-electron chi connectivity index (χ0n) is 21.3. The monoisotopic (exact) mass is 466 g/mol. The smallest absolute Gasteiger partial charge is 0.338 e. The Morgan fingerprint density at radius 2 is 1.38 bits per heavy atom. The van der Waals surface area contributed by atoms with Gasteiger partial charge >= 0.3 is 7.60 Å². The van der Waals surface area contributed by atoms with E-state index < -0.39 is 7.60 Å². The van der Waals surface area contributed by atoms with Crippen molar-refractivity contribution in [3.8, 4) is 5.75 Å². The molecule has 1 aromatic carbocycles. The third kappa shape index (κ3) is 9.21. The second kappa shape index (κ2) is 12.2. The van der Waals surface area contributed by atoms with Crippen LogP contribution < -0.4 is 0 Å². The lowest BCUT2D eigenvalue weighted by atomic mass is 9.78. The van der Waals surface area contributed by atoms with Crippen LogP contribution >= 0.6 is 7.60 Å². The van der Waals surface area contributed by atoms with Crippen molar-refractivity contribution in [3.63, 3.8) is 0 Å². The standard InChI is InChI=1S/C26H43O5P/c1-9-11-15-30-32(29,31-16-12-10-2)19-21(27)14-13-20-17-22(25(3,4)5)24(28)23(18-20)26(6,7)8/h13-14,17-18,28H,9-12,15-16,19H2,1-8H3/b14-13+. The van der Waals surface area contributed by atoms with E-state index in [4.69, 9.17) is 9.05 Å². The van der Waals surface area contributed by atoms with Crippen molar-refractivity contribution in [2.75, 3.05) is 19.4 Å².